The standard InChI is InChI=1S/C17H27ClN6O3/c1-12-11-26-10-9-24(12)15-20-13(18)19-14(21-15)22-5-7-23(8-6-22)16(25)27-17(2,3)4/h12H,5-11H2,1-4H3/t12-/m0/s1. The van der Waals surface area contributed by atoms with Crippen LogP contribution in [0, 0.1) is 0 Å². The molecule has 0 bridgehead atoms. The number of halogens is 1. The Bertz CT molecular complexity index is 675. The third-order valence-electron chi connectivity index (χ3n) is 4.42. The molecule has 2 aliphatic heterocycles. The highest BCUT2D eigenvalue weighted by atomic mass is 35.5. The fraction of sp³-hybridized carbons (Fsp3) is 0.765. The molecule has 3 heterocycles. The van der Waals surface area contributed by atoms with Crippen LogP contribution in [-0.2, 0) is 9.47 Å². The fourth-order valence-electron chi connectivity index (χ4n) is 3.04. The van der Waals surface area contributed by atoms with Crippen LogP contribution in [0.5, 0.6) is 0 Å². The number of carbonyl (C=O) groups is 1. The van der Waals surface area contributed by atoms with Crippen LogP contribution in [0.2, 0.25) is 5.28 Å². The zero-order chi connectivity index (χ0) is 19.6. The highest BCUT2D eigenvalue weighted by molar-refractivity contribution is 6.28. The van der Waals surface area contributed by atoms with E-state index in [1.165, 1.54) is 0 Å². The van der Waals surface area contributed by atoms with E-state index in [0.717, 1.165) is 0 Å². The fourth-order valence-corrected chi connectivity index (χ4v) is 3.19. The van der Waals surface area contributed by atoms with Crippen LogP contribution in [0.15, 0.2) is 0 Å². The Morgan fingerprint density at radius 1 is 1.11 bits per heavy atom. The Balaban J connectivity index is 1.67. The molecule has 2 saturated heterocycles. The minimum absolute atomic E-state index is 0.170. The second-order valence-electron chi connectivity index (χ2n) is 7.78. The number of hydrogen-bond donors (Lipinski definition) is 0. The van der Waals surface area contributed by atoms with Gasteiger partial charge in [0.2, 0.25) is 17.2 Å². The molecule has 0 radical (unpaired) electrons. The van der Waals surface area contributed by atoms with E-state index in [4.69, 9.17) is 21.1 Å². The van der Waals surface area contributed by atoms with Gasteiger partial charge in [0.15, 0.2) is 0 Å². The van der Waals surface area contributed by atoms with Crippen LogP contribution in [-0.4, -0.2) is 83.5 Å². The number of anilines is 2. The van der Waals surface area contributed by atoms with Crippen LogP contribution >= 0.6 is 11.6 Å². The number of aromatic nitrogens is 3. The first-order chi connectivity index (χ1) is 12.7. The second kappa shape index (κ2) is 8.02. The van der Waals surface area contributed by atoms with Crippen molar-refractivity contribution in [2.45, 2.75) is 39.3 Å². The van der Waals surface area contributed by atoms with E-state index in [9.17, 15) is 4.79 Å². The average molecular weight is 399 g/mol. The summed E-state index contributed by atoms with van der Waals surface area (Å²) in [6.07, 6.45) is -0.293. The van der Waals surface area contributed by atoms with Crippen molar-refractivity contribution >= 4 is 29.6 Å². The third kappa shape index (κ3) is 5.10. The molecule has 2 fully saturated rings. The predicted molar refractivity (Wildman–Crippen MR) is 102 cm³/mol. The molecule has 0 aromatic carbocycles. The van der Waals surface area contributed by atoms with Gasteiger partial charge in [0.05, 0.1) is 19.3 Å². The van der Waals surface area contributed by atoms with Crippen LogP contribution in [0.1, 0.15) is 27.7 Å². The van der Waals surface area contributed by atoms with Crippen molar-refractivity contribution in [1.29, 1.82) is 0 Å². The van der Waals surface area contributed by atoms with Gasteiger partial charge in [-0.3, -0.25) is 0 Å². The van der Waals surface area contributed by atoms with Gasteiger partial charge in [-0.15, -0.1) is 0 Å². The van der Waals surface area contributed by atoms with Crippen LogP contribution in [0.4, 0.5) is 16.7 Å². The van der Waals surface area contributed by atoms with Gasteiger partial charge < -0.3 is 24.2 Å². The van der Waals surface area contributed by atoms with Crippen LogP contribution in [0.3, 0.4) is 0 Å². The van der Waals surface area contributed by atoms with Crippen LogP contribution in [0.25, 0.3) is 0 Å². The van der Waals surface area contributed by atoms with Gasteiger partial charge in [-0.1, -0.05) is 0 Å². The molecule has 1 aromatic heterocycles. The Morgan fingerprint density at radius 2 is 1.78 bits per heavy atom. The summed E-state index contributed by atoms with van der Waals surface area (Å²) in [5.74, 6) is 1.10. The lowest BCUT2D eigenvalue weighted by molar-refractivity contribution is 0.0240. The minimum Gasteiger partial charge on any atom is -0.444 e. The van der Waals surface area contributed by atoms with Gasteiger partial charge in [0, 0.05) is 32.7 Å². The van der Waals surface area contributed by atoms with Gasteiger partial charge in [0.1, 0.15) is 5.60 Å². The lowest BCUT2D eigenvalue weighted by atomic mass is 10.2. The minimum atomic E-state index is -0.500. The summed E-state index contributed by atoms with van der Waals surface area (Å²) in [5, 5.41) is 0.170. The molecule has 150 valence electrons. The van der Waals surface area contributed by atoms with E-state index < -0.39 is 5.60 Å². The molecule has 2 aliphatic rings. The lowest BCUT2D eigenvalue weighted by Crippen LogP contribution is -2.50. The summed E-state index contributed by atoms with van der Waals surface area (Å²) in [7, 11) is 0. The van der Waals surface area contributed by atoms with Crippen molar-refractivity contribution in [3.63, 3.8) is 0 Å². The quantitative estimate of drug-likeness (QED) is 0.745. The molecule has 1 aromatic rings. The molecule has 0 saturated carbocycles. The summed E-state index contributed by atoms with van der Waals surface area (Å²) in [5.41, 5.74) is -0.500. The first kappa shape index (κ1) is 19.9. The first-order valence-corrected chi connectivity index (χ1v) is 9.59. The number of rotatable bonds is 2. The smallest absolute Gasteiger partial charge is 0.410 e. The number of ether oxygens (including phenoxy) is 2. The maximum absolute atomic E-state index is 12.2. The Hall–Kier alpha value is -1.87. The highest BCUT2D eigenvalue weighted by Crippen LogP contribution is 2.21. The van der Waals surface area contributed by atoms with Crippen molar-refractivity contribution in [2.75, 3.05) is 55.7 Å². The topological polar surface area (TPSA) is 83.9 Å². The normalized spacial score (nSPS) is 21.4. The van der Waals surface area contributed by atoms with Crippen molar-refractivity contribution < 1.29 is 14.3 Å². The van der Waals surface area contributed by atoms with Gasteiger partial charge in [-0.2, -0.15) is 15.0 Å². The largest absolute Gasteiger partial charge is 0.444 e. The second-order valence-corrected chi connectivity index (χ2v) is 8.11. The predicted octanol–water partition coefficient (Wildman–Crippen LogP) is 1.81. The number of morpholine rings is 1. The van der Waals surface area contributed by atoms with E-state index in [2.05, 4.69) is 26.8 Å². The molecule has 3 rings (SSSR count). The summed E-state index contributed by atoms with van der Waals surface area (Å²) in [4.78, 5) is 31.2. The maximum Gasteiger partial charge on any atom is 0.410 e. The molecule has 27 heavy (non-hydrogen) atoms. The SMILES string of the molecule is C[C@H]1COCCN1c1nc(Cl)nc(N2CCN(C(=O)OC(C)(C)C)CC2)n1. The average Bonchev–Trinajstić information content (AvgIpc) is 2.60. The monoisotopic (exact) mass is 398 g/mol. The molecule has 0 aliphatic carbocycles. The van der Waals surface area contributed by atoms with E-state index >= 15 is 0 Å². The molecule has 10 heteroatoms. The highest BCUT2D eigenvalue weighted by Gasteiger charge is 2.28. The molecule has 0 N–H and O–H groups in total. The summed E-state index contributed by atoms with van der Waals surface area (Å²) in [6, 6.07) is 0.175. The van der Waals surface area contributed by atoms with Crippen molar-refractivity contribution in [2.24, 2.45) is 0 Å². The molecular formula is C17H27ClN6O3. The number of piperazine rings is 1. The third-order valence-corrected chi connectivity index (χ3v) is 4.59. The Labute approximate surface area is 164 Å². The van der Waals surface area contributed by atoms with Gasteiger partial charge in [-0.25, -0.2) is 4.79 Å². The number of nitrogens with zero attached hydrogens (tertiary/aromatic N) is 6. The van der Waals surface area contributed by atoms with Gasteiger partial charge in [-0.05, 0) is 39.3 Å². The zero-order valence-corrected chi connectivity index (χ0v) is 17.1. The van der Waals surface area contributed by atoms with E-state index in [-0.39, 0.29) is 17.4 Å². The summed E-state index contributed by atoms with van der Waals surface area (Å²) in [6.45, 7) is 11.9. The Kier molecular flexibility index (Phi) is 5.90. The summed E-state index contributed by atoms with van der Waals surface area (Å²) >= 11 is 6.16. The number of hydrogen-bond acceptors (Lipinski definition) is 8. The molecule has 9 nitrogen and oxygen atoms in total. The molecular weight excluding hydrogens is 372 g/mol. The maximum atomic E-state index is 12.2. The number of amides is 1. The van der Waals surface area contributed by atoms with E-state index in [1.54, 1.807) is 4.90 Å². The van der Waals surface area contributed by atoms with E-state index in [1.807, 2.05) is 25.7 Å². The molecule has 0 unspecified atom stereocenters. The van der Waals surface area contributed by atoms with Gasteiger partial charge >= 0.3 is 6.09 Å². The van der Waals surface area contributed by atoms with Crippen LogP contribution < -0.4 is 9.80 Å². The molecule has 1 atom stereocenters. The lowest BCUT2D eigenvalue weighted by Gasteiger charge is -2.36. The van der Waals surface area contributed by atoms with Crippen molar-refractivity contribution in [3.8, 4) is 0 Å². The van der Waals surface area contributed by atoms with E-state index in [0.29, 0.717) is 57.8 Å². The Morgan fingerprint density at radius 3 is 2.41 bits per heavy atom. The zero-order valence-electron chi connectivity index (χ0n) is 16.3. The summed E-state index contributed by atoms with van der Waals surface area (Å²) < 4.78 is 10.9. The van der Waals surface area contributed by atoms with Crippen molar-refractivity contribution in [1.82, 2.24) is 19.9 Å². The molecule has 1 amide bonds. The molecule has 0 spiro atoms. The first-order valence-electron chi connectivity index (χ1n) is 9.22. The van der Waals surface area contributed by atoms with Crippen molar-refractivity contribution in [3.05, 3.63) is 5.28 Å². The number of carbonyl (C=O) groups excluding carboxylic acids is 1. The van der Waals surface area contributed by atoms with Gasteiger partial charge in [0.25, 0.3) is 0 Å².